The van der Waals surface area contributed by atoms with Gasteiger partial charge in [-0.1, -0.05) is 25.3 Å². The summed E-state index contributed by atoms with van der Waals surface area (Å²) in [7, 11) is 1.66. The Balaban J connectivity index is 1.66. The molecule has 1 fully saturated rings. The smallest absolute Gasteiger partial charge is 0.237 e. The highest BCUT2D eigenvalue weighted by Gasteiger charge is 2.26. The molecule has 2 aliphatic rings. The second-order valence-corrected chi connectivity index (χ2v) is 6.67. The number of rotatable bonds is 8. The lowest BCUT2D eigenvalue weighted by Gasteiger charge is -2.34. The summed E-state index contributed by atoms with van der Waals surface area (Å²) in [6.45, 7) is 2.54. The molecule has 1 aromatic rings. The van der Waals surface area contributed by atoms with Crippen molar-refractivity contribution in [3.8, 4) is 11.5 Å². The summed E-state index contributed by atoms with van der Waals surface area (Å²) in [6.07, 6.45) is 5.86. The van der Waals surface area contributed by atoms with E-state index in [4.69, 9.17) is 14.2 Å². The molecule has 1 saturated carbocycles. The lowest BCUT2D eigenvalue weighted by atomic mass is 9.93. The van der Waals surface area contributed by atoms with Crippen molar-refractivity contribution in [3.05, 3.63) is 23.8 Å². The van der Waals surface area contributed by atoms with Crippen LogP contribution in [-0.4, -0.2) is 50.4 Å². The number of ether oxygens (including phenoxy) is 3. The molecular formula is C19H28N2O4. The fraction of sp³-hybridized carbons (Fsp3) is 0.632. The van der Waals surface area contributed by atoms with Gasteiger partial charge in [0.25, 0.3) is 0 Å². The topological polar surface area (TPSA) is 60.0 Å². The largest absolute Gasteiger partial charge is 0.454 e. The Labute approximate surface area is 149 Å². The van der Waals surface area contributed by atoms with E-state index in [1.54, 1.807) is 7.11 Å². The first kappa shape index (κ1) is 18.0. The first-order valence-corrected chi connectivity index (χ1v) is 9.15. The van der Waals surface area contributed by atoms with Crippen LogP contribution in [0.5, 0.6) is 11.5 Å². The predicted molar refractivity (Wildman–Crippen MR) is 94.7 cm³/mol. The van der Waals surface area contributed by atoms with E-state index in [1.807, 2.05) is 23.1 Å². The Bertz CT molecular complexity index is 573. The van der Waals surface area contributed by atoms with Crippen LogP contribution in [0.4, 0.5) is 0 Å². The molecule has 0 spiro atoms. The molecule has 138 valence electrons. The second-order valence-electron chi connectivity index (χ2n) is 6.67. The number of carbonyl (C=O) groups excluding carboxylic acids is 1. The highest BCUT2D eigenvalue weighted by molar-refractivity contribution is 5.78. The van der Waals surface area contributed by atoms with Gasteiger partial charge >= 0.3 is 0 Å². The summed E-state index contributed by atoms with van der Waals surface area (Å²) in [4.78, 5) is 14.8. The van der Waals surface area contributed by atoms with E-state index in [-0.39, 0.29) is 12.7 Å². The Morgan fingerprint density at radius 2 is 2.04 bits per heavy atom. The zero-order chi connectivity index (χ0) is 17.5. The fourth-order valence-electron chi connectivity index (χ4n) is 3.52. The van der Waals surface area contributed by atoms with Crippen LogP contribution in [-0.2, 0) is 16.1 Å². The molecule has 1 N–H and O–H groups in total. The standard InChI is InChI=1S/C19H28N2O4/c1-23-10-9-20-12-19(22)21(16-5-3-2-4-6-16)13-15-7-8-17-18(11-15)25-14-24-17/h7-8,11,16,20H,2-6,9-10,12-14H2,1H3. The number of nitrogens with zero attached hydrogens (tertiary/aromatic N) is 1. The normalized spacial score (nSPS) is 16.8. The number of fused-ring (bicyclic) bond motifs is 1. The first-order valence-electron chi connectivity index (χ1n) is 9.15. The van der Waals surface area contributed by atoms with Crippen LogP contribution in [0.1, 0.15) is 37.7 Å². The SMILES string of the molecule is COCCNCC(=O)N(Cc1ccc2c(c1)OCO2)C1CCCCC1. The molecule has 1 aliphatic heterocycles. The molecule has 6 nitrogen and oxygen atoms in total. The molecule has 1 amide bonds. The van der Waals surface area contributed by atoms with Gasteiger partial charge in [0.2, 0.25) is 12.7 Å². The number of benzene rings is 1. The van der Waals surface area contributed by atoms with Crippen molar-refractivity contribution in [2.75, 3.05) is 33.6 Å². The average Bonchev–Trinajstić information content (AvgIpc) is 3.11. The van der Waals surface area contributed by atoms with E-state index in [9.17, 15) is 4.79 Å². The second kappa shape index (κ2) is 9.06. The van der Waals surface area contributed by atoms with Crippen molar-refractivity contribution in [1.29, 1.82) is 0 Å². The van der Waals surface area contributed by atoms with E-state index in [1.165, 1.54) is 19.3 Å². The third-order valence-electron chi connectivity index (χ3n) is 4.88. The lowest BCUT2D eigenvalue weighted by molar-refractivity contribution is -0.134. The van der Waals surface area contributed by atoms with Crippen molar-refractivity contribution < 1.29 is 19.0 Å². The van der Waals surface area contributed by atoms with Gasteiger partial charge in [-0.05, 0) is 30.5 Å². The molecular weight excluding hydrogens is 320 g/mol. The molecule has 6 heteroatoms. The number of hydrogen-bond donors (Lipinski definition) is 1. The van der Waals surface area contributed by atoms with Gasteiger partial charge in [-0.2, -0.15) is 0 Å². The minimum Gasteiger partial charge on any atom is -0.454 e. The zero-order valence-electron chi connectivity index (χ0n) is 15.0. The summed E-state index contributed by atoms with van der Waals surface area (Å²) in [5, 5.41) is 3.17. The molecule has 0 saturated heterocycles. The quantitative estimate of drug-likeness (QED) is 0.731. The van der Waals surface area contributed by atoms with E-state index in [2.05, 4.69) is 5.32 Å². The number of methoxy groups -OCH3 is 1. The molecule has 1 heterocycles. The van der Waals surface area contributed by atoms with Crippen LogP contribution >= 0.6 is 0 Å². The lowest BCUT2D eigenvalue weighted by Crippen LogP contribution is -2.45. The van der Waals surface area contributed by atoms with E-state index in [0.29, 0.717) is 32.3 Å². The van der Waals surface area contributed by atoms with Crippen LogP contribution in [0.2, 0.25) is 0 Å². The maximum atomic E-state index is 12.8. The third-order valence-corrected chi connectivity index (χ3v) is 4.88. The van der Waals surface area contributed by atoms with Crippen molar-refractivity contribution >= 4 is 5.91 Å². The number of nitrogens with one attached hydrogen (secondary N) is 1. The van der Waals surface area contributed by atoms with Crippen LogP contribution < -0.4 is 14.8 Å². The highest BCUT2D eigenvalue weighted by Crippen LogP contribution is 2.33. The van der Waals surface area contributed by atoms with Crippen molar-refractivity contribution in [2.24, 2.45) is 0 Å². The van der Waals surface area contributed by atoms with Gasteiger partial charge in [0.1, 0.15) is 0 Å². The van der Waals surface area contributed by atoms with Crippen LogP contribution in [0.15, 0.2) is 18.2 Å². The molecule has 0 atom stereocenters. The highest BCUT2D eigenvalue weighted by atomic mass is 16.7. The summed E-state index contributed by atoms with van der Waals surface area (Å²) in [5.41, 5.74) is 1.08. The van der Waals surface area contributed by atoms with E-state index < -0.39 is 0 Å². The molecule has 3 rings (SSSR count). The van der Waals surface area contributed by atoms with Crippen LogP contribution in [0.3, 0.4) is 0 Å². The van der Waals surface area contributed by atoms with Gasteiger partial charge in [0, 0.05) is 26.2 Å². The molecule has 1 aromatic carbocycles. The zero-order valence-corrected chi connectivity index (χ0v) is 15.0. The minimum atomic E-state index is 0.153. The average molecular weight is 348 g/mol. The Morgan fingerprint density at radius 3 is 2.84 bits per heavy atom. The molecule has 25 heavy (non-hydrogen) atoms. The first-order chi connectivity index (χ1) is 12.3. The van der Waals surface area contributed by atoms with Crippen LogP contribution in [0, 0.1) is 0 Å². The minimum absolute atomic E-state index is 0.153. The maximum absolute atomic E-state index is 12.8. The number of carbonyl (C=O) groups is 1. The number of amides is 1. The summed E-state index contributed by atoms with van der Waals surface area (Å²) in [5.74, 6) is 1.70. The van der Waals surface area contributed by atoms with Gasteiger partial charge in [0.05, 0.1) is 13.2 Å². The van der Waals surface area contributed by atoms with Gasteiger partial charge in [-0.15, -0.1) is 0 Å². The predicted octanol–water partition coefficient (Wildman–Crippen LogP) is 2.31. The Morgan fingerprint density at radius 1 is 1.24 bits per heavy atom. The van der Waals surface area contributed by atoms with Gasteiger partial charge < -0.3 is 24.4 Å². The summed E-state index contributed by atoms with van der Waals surface area (Å²) >= 11 is 0. The Hall–Kier alpha value is -1.79. The summed E-state index contributed by atoms with van der Waals surface area (Å²) < 4.78 is 15.9. The van der Waals surface area contributed by atoms with Gasteiger partial charge in [-0.3, -0.25) is 4.79 Å². The monoisotopic (exact) mass is 348 g/mol. The molecule has 0 radical (unpaired) electrons. The van der Waals surface area contributed by atoms with Crippen LogP contribution in [0.25, 0.3) is 0 Å². The van der Waals surface area contributed by atoms with Crippen molar-refractivity contribution in [3.63, 3.8) is 0 Å². The van der Waals surface area contributed by atoms with Gasteiger partial charge in [-0.25, -0.2) is 0 Å². The third kappa shape index (κ3) is 4.86. The number of hydrogen-bond acceptors (Lipinski definition) is 5. The van der Waals surface area contributed by atoms with E-state index in [0.717, 1.165) is 29.9 Å². The fourth-order valence-corrected chi connectivity index (χ4v) is 3.52. The molecule has 0 aromatic heterocycles. The molecule has 0 unspecified atom stereocenters. The Kier molecular flexibility index (Phi) is 6.53. The maximum Gasteiger partial charge on any atom is 0.237 e. The van der Waals surface area contributed by atoms with Crippen molar-refractivity contribution in [1.82, 2.24) is 10.2 Å². The van der Waals surface area contributed by atoms with Crippen molar-refractivity contribution in [2.45, 2.75) is 44.7 Å². The molecule has 1 aliphatic carbocycles. The van der Waals surface area contributed by atoms with E-state index >= 15 is 0 Å². The molecule has 0 bridgehead atoms. The summed E-state index contributed by atoms with van der Waals surface area (Å²) in [6, 6.07) is 6.27. The van der Waals surface area contributed by atoms with Gasteiger partial charge in [0.15, 0.2) is 11.5 Å².